The zero-order valence-electron chi connectivity index (χ0n) is 18.4. The first-order chi connectivity index (χ1) is 13.8. The highest BCUT2D eigenvalue weighted by atomic mass is 14.9. The van der Waals surface area contributed by atoms with Crippen molar-refractivity contribution in [3.8, 4) is 11.1 Å². The minimum Gasteiger partial charge on any atom is -0.205 e. The van der Waals surface area contributed by atoms with Gasteiger partial charge in [0.1, 0.15) is 13.1 Å². The van der Waals surface area contributed by atoms with Crippen LogP contribution in [0.1, 0.15) is 90.9 Å². The maximum Gasteiger partial charge on any atom is 0.176 e. The Morgan fingerprint density at radius 2 is 0.929 bits per heavy atom. The van der Waals surface area contributed by atoms with Crippen LogP contribution in [-0.4, -0.2) is 0 Å². The van der Waals surface area contributed by atoms with E-state index >= 15 is 0 Å². The van der Waals surface area contributed by atoms with E-state index in [0.717, 1.165) is 13.1 Å². The number of aryl methyl sites for hydroxylation is 2. The van der Waals surface area contributed by atoms with Gasteiger partial charge in [-0.15, -0.1) is 0 Å². The van der Waals surface area contributed by atoms with Crippen LogP contribution in [-0.2, 0) is 13.1 Å². The zero-order chi connectivity index (χ0) is 19.9. The highest BCUT2D eigenvalue weighted by Gasteiger charge is 2.09. The second-order valence-corrected chi connectivity index (χ2v) is 8.20. The molecule has 0 fully saturated rings. The van der Waals surface area contributed by atoms with Gasteiger partial charge >= 0.3 is 0 Å². The Kier molecular flexibility index (Phi) is 11.6. The largest absolute Gasteiger partial charge is 0.205 e. The van der Waals surface area contributed by atoms with E-state index in [-0.39, 0.29) is 0 Å². The van der Waals surface area contributed by atoms with E-state index in [4.69, 9.17) is 0 Å². The summed E-state index contributed by atoms with van der Waals surface area (Å²) in [4.78, 5) is 0. The van der Waals surface area contributed by atoms with Gasteiger partial charge in [0.05, 0.1) is 11.1 Å². The number of aromatic nitrogens is 2. The van der Waals surface area contributed by atoms with Crippen LogP contribution in [0.3, 0.4) is 0 Å². The predicted octanol–water partition coefficient (Wildman–Crippen LogP) is 6.65. The molecule has 0 saturated heterocycles. The lowest BCUT2D eigenvalue weighted by atomic mass is 10.1. The van der Waals surface area contributed by atoms with Crippen LogP contribution in [0.2, 0.25) is 0 Å². The van der Waals surface area contributed by atoms with Crippen LogP contribution in [0.15, 0.2) is 49.1 Å². The molecule has 0 radical (unpaired) electrons. The average molecular weight is 383 g/mol. The van der Waals surface area contributed by atoms with Gasteiger partial charge in [-0.25, -0.2) is 9.13 Å². The normalized spacial score (nSPS) is 11.1. The molecule has 0 bridgehead atoms. The third-order valence-electron chi connectivity index (χ3n) is 5.59. The molecule has 0 spiro atoms. The molecule has 0 unspecified atom stereocenters. The fourth-order valence-corrected chi connectivity index (χ4v) is 3.81. The van der Waals surface area contributed by atoms with Crippen molar-refractivity contribution in [1.29, 1.82) is 0 Å². The van der Waals surface area contributed by atoms with Gasteiger partial charge in [0, 0.05) is 25.0 Å². The maximum atomic E-state index is 2.36. The fourth-order valence-electron chi connectivity index (χ4n) is 3.81. The Morgan fingerprint density at radius 3 is 1.36 bits per heavy atom. The minimum absolute atomic E-state index is 1.13. The van der Waals surface area contributed by atoms with E-state index in [1.807, 2.05) is 0 Å². The Hall–Kier alpha value is -1.70. The molecule has 0 amide bonds. The summed E-state index contributed by atoms with van der Waals surface area (Å²) in [6.45, 7) is 6.82. The zero-order valence-corrected chi connectivity index (χ0v) is 18.4. The maximum absolute atomic E-state index is 2.36. The van der Waals surface area contributed by atoms with Gasteiger partial charge in [0.25, 0.3) is 0 Å². The van der Waals surface area contributed by atoms with Crippen LogP contribution < -0.4 is 9.13 Å². The molecule has 28 heavy (non-hydrogen) atoms. The summed E-state index contributed by atoms with van der Waals surface area (Å²) in [6, 6.07) is 8.86. The van der Waals surface area contributed by atoms with Crippen molar-refractivity contribution in [2.24, 2.45) is 0 Å². The van der Waals surface area contributed by atoms with E-state index < -0.39 is 0 Å². The first-order valence-corrected chi connectivity index (χ1v) is 11.8. The quantitative estimate of drug-likeness (QED) is 0.241. The Labute approximate surface area is 173 Å². The number of unbranched alkanes of at least 4 members (excludes halogenated alkanes) is 10. The number of rotatable bonds is 15. The highest BCUT2D eigenvalue weighted by molar-refractivity contribution is 5.59. The monoisotopic (exact) mass is 382 g/mol. The van der Waals surface area contributed by atoms with E-state index in [9.17, 15) is 0 Å². The minimum atomic E-state index is 1.13. The first kappa shape index (κ1) is 22.6. The molecule has 0 atom stereocenters. The van der Waals surface area contributed by atoms with Gasteiger partial charge < -0.3 is 0 Å². The summed E-state index contributed by atoms with van der Waals surface area (Å²) < 4.78 is 4.72. The summed E-state index contributed by atoms with van der Waals surface area (Å²) in [5.74, 6) is 0. The Balaban J connectivity index is 1.82. The molecule has 0 N–H and O–H groups in total. The van der Waals surface area contributed by atoms with Gasteiger partial charge in [-0.05, 0) is 25.0 Å². The second-order valence-electron chi connectivity index (χ2n) is 8.20. The summed E-state index contributed by atoms with van der Waals surface area (Å²) in [5.41, 5.74) is 2.65. The molecule has 154 valence electrons. The van der Waals surface area contributed by atoms with E-state index in [1.54, 1.807) is 0 Å². The van der Waals surface area contributed by atoms with Crippen molar-refractivity contribution < 1.29 is 9.13 Å². The molecule has 0 aromatic carbocycles. The molecule has 0 aliphatic carbocycles. The van der Waals surface area contributed by atoms with E-state index in [0.29, 0.717) is 0 Å². The predicted molar refractivity (Wildman–Crippen MR) is 119 cm³/mol. The molecule has 2 nitrogen and oxygen atoms in total. The lowest BCUT2D eigenvalue weighted by Crippen LogP contribution is -2.34. The van der Waals surface area contributed by atoms with Crippen molar-refractivity contribution in [2.75, 3.05) is 0 Å². The van der Waals surface area contributed by atoms with Gasteiger partial charge in [-0.2, -0.15) is 0 Å². The molecule has 0 aliphatic rings. The molecular formula is C26H42N2+2. The van der Waals surface area contributed by atoms with Crippen LogP contribution in [0.25, 0.3) is 11.1 Å². The summed E-state index contributed by atoms with van der Waals surface area (Å²) in [6.07, 6.45) is 25.3. The molecule has 2 heterocycles. The van der Waals surface area contributed by atoms with Gasteiger partial charge in [-0.1, -0.05) is 65.2 Å². The van der Waals surface area contributed by atoms with Crippen molar-refractivity contribution in [3.05, 3.63) is 49.1 Å². The second kappa shape index (κ2) is 14.3. The molecule has 0 aliphatic heterocycles. The van der Waals surface area contributed by atoms with Gasteiger partial charge in [0.2, 0.25) is 0 Å². The molecule has 0 saturated carbocycles. The molecule has 2 aromatic heterocycles. The number of hydrogen-bond acceptors (Lipinski definition) is 0. The van der Waals surface area contributed by atoms with Crippen LogP contribution in [0.4, 0.5) is 0 Å². The third kappa shape index (κ3) is 8.99. The molecular weight excluding hydrogens is 340 g/mol. The van der Waals surface area contributed by atoms with Crippen molar-refractivity contribution >= 4 is 0 Å². The number of pyridine rings is 2. The van der Waals surface area contributed by atoms with Crippen molar-refractivity contribution in [1.82, 2.24) is 0 Å². The standard InChI is InChI=1S/C26H42N2/c1-3-5-7-9-11-13-19-27-21-15-17-25(23-27)26-18-16-22-28(24-26)20-14-12-10-8-6-4-2/h15-18,21-24H,3-14,19-20H2,1-2H3/q+2. The number of hydrogen-bond donors (Lipinski definition) is 0. The smallest absolute Gasteiger partial charge is 0.176 e. The lowest BCUT2D eigenvalue weighted by molar-refractivity contribution is -0.698. The Morgan fingerprint density at radius 1 is 0.536 bits per heavy atom. The number of nitrogens with zero attached hydrogens (tertiary/aromatic N) is 2. The van der Waals surface area contributed by atoms with Crippen LogP contribution in [0.5, 0.6) is 0 Å². The molecule has 2 rings (SSSR count). The first-order valence-electron chi connectivity index (χ1n) is 11.8. The summed E-state index contributed by atoms with van der Waals surface area (Å²) >= 11 is 0. The van der Waals surface area contributed by atoms with Gasteiger partial charge in [0.15, 0.2) is 24.8 Å². The SMILES string of the molecule is CCCCCCCC[n+]1cccc(-c2ccc[n+](CCCCCCCC)c2)c1. The van der Waals surface area contributed by atoms with E-state index in [2.05, 4.69) is 72.0 Å². The topological polar surface area (TPSA) is 7.76 Å². The Bertz CT molecular complexity index is 593. The summed E-state index contributed by atoms with van der Waals surface area (Å²) in [5, 5.41) is 0. The third-order valence-corrected chi connectivity index (χ3v) is 5.59. The van der Waals surface area contributed by atoms with Gasteiger partial charge in [-0.3, -0.25) is 0 Å². The van der Waals surface area contributed by atoms with Crippen molar-refractivity contribution in [3.63, 3.8) is 0 Å². The summed E-state index contributed by atoms with van der Waals surface area (Å²) in [7, 11) is 0. The van der Waals surface area contributed by atoms with Crippen molar-refractivity contribution in [2.45, 2.75) is 104 Å². The lowest BCUT2D eigenvalue weighted by Gasteiger charge is -2.03. The fraction of sp³-hybridized carbons (Fsp3) is 0.615. The van der Waals surface area contributed by atoms with Crippen LogP contribution in [0, 0.1) is 0 Å². The van der Waals surface area contributed by atoms with Crippen LogP contribution >= 0.6 is 0 Å². The van der Waals surface area contributed by atoms with E-state index in [1.165, 1.54) is 88.2 Å². The molecule has 2 heteroatoms. The average Bonchev–Trinajstić information content (AvgIpc) is 2.73. The molecule has 2 aromatic rings. The highest BCUT2D eigenvalue weighted by Crippen LogP contribution is 2.15.